The summed E-state index contributed by atoms with van der Waals surface area (Å²) in [6.45, 7) is 3.72. The summed E-state index contributed by atoms with van der Waals surface area (Å²) in [5.74, 6) is 0.907. The minimum Gasteiger partial charge on any atom is -0.506 e. The van der Waals surface area contributed by atoms with Gasteiger partial charge in [-0.2, -0.15) is 0 Å². The zero-order valence-corrected chi connectivity index (χ0v) is 18.7. The van der Waals surface area contributed by atoms with E-state index >= 15 is 0 Å². The van der Waals surface area contributed by atoms with Crippen molar-refractivity contribution in [3.05, 3.63) is 53.9 Å². The van der Waals surface area contributed by atoms with Gasteiger partial charge in [0.25, 0.3) is 5.91 Å². The molecule has 0 unspecified atom stereocenters. The Balaban J connectivity index is 1.46. The Morgan fingerprint density at radius 2 is 2.06 bits per heavy atom. The molecule has 2 N–H and O–H groups in total. The van der Waals surface area contributed by atoms with E-state index in [0.29, 0.717) is 28.1 Å². The smallest absolute Gasteiger partial charge is 0.265 e. The van der Waals surface area contributed by atoms with Crippen LogP contribution in [0.3, 0.4) is 0 Å². The van der Waals surface area contributed by atoms with Gasteiger partial charge in [-0.3, -0.25) is 14.5 Å². The maximum Gasteiger partial charge on any atom is 0.265 e. The van der Waals surface area contributed by atoms with Crippen molar-refractivity contribution in [1.29, 1.82) is 0 Å². The van der Waals surface area contributed by atoms with Crippen molar-refractivity contribution in [3.63, 3.8) is 0 Å². The molecule has 0 aliphatic carbocycles. The van der Waals surface area contributed by atoms with E-state index in [1.165, 1.54) is 11.8 Å². The quantitative estimate of drug-likeness (QED) is 0.436. The minimum absolute atomic E-state index is 0.0131. The highest BCUT2D eigenvalue weighted by atomic mass is 32.2. The molecule has 0 radical (unpaired) electrons. The Hall–Kier alpha value is -3.53. The number of ether oxygens (including phenoxy) is 1. The second kappa shape index (κ2) is 8.91. The number of phenolic OH excluding ortho intramolecular Hbond substituents is 1. The van der Waals surface area contributed by atoms with Gasteiger partial charge in [0, 0.05) is 7.05 Å². The van der Waals surface area contributed by atoms with E-state index in [-0.39, 0.29) is 36.0 Å². The van der Waals surface area contributed by atoms with E-state index in [1.807, 2.05) is 38.1 Å². The first-order valence-corrected chi connectivity index (χ1v) is 11.0. The number of para-hydroxylation sites is 2. The Morgan fingerprint density at radius 1 is 1.28 bits per heavy atom. The number of carbonyl (C=O) groups excluding carboxylic acids is 2. The second-order valence-corrected chi connectivity index (χ2v) is 8.40. The van der Waals surface area contributed by atoms with E-state index in [2.05, 4.69) is 15.5 Å². The van der Waals surface area contributed by atoms with Gasteiger partial charge in [0.1, 0.15) is 11.5 Å². The number of thioether (sulfide) groups is 1. The van der Waals surface area contributed by atoms with Crippen molar-refractivity contribution in [2.24, 2.45) is 7.05 Å². The third-order valence-electron chi connectivity index (χ3n) is 5.13. The molecule has 0 spiro atoms. The lowest BCUT2D eigenvalue weighted by molar-refractivity contribution is -0.121. The minimum atomic E-state index is -0.377. The predicted octanol–water partition coefficient (Wildman–Crippen LogP) is 3.05. The molecule has 166 valence electrons. The van der Waals surface area contributed by atoms with Gasteiger partial charge in [-0.15, -0.1) is 10.2 Å². The number of amides is 2. The maximum atomic E-state index is 12.6. The van der Waals surface area contributed by atoms with E-state index < -0.39 is 0 Å². The topological polar surface area (TPSA) is 110 Å². The van der Waals surface area contributed by atoms with Crippen LogP contribution >= 0.6 is 11.8 Å². The molecule has 32 heavy (non-hydrogen) atoms. The summed E-state index contributed by atoms with van der Waals surface area (Å²) in [6.07, 6.45) is 0. The van der Waals surface area contributed by atoms with E-state index in [4.69, 9.17) is 4.74 Å². The number of rotatable bonds is 6. The number of hydrogen-bond acceptors (Lipinski definition) is 7. The normalized spacial score (nSPS) is 14.0. The summed E-state index contributed by atoms with van der Waals surface area (Å²) >= 11 is 1.22. The van der Waals surface area contributed by atoms with Gasteiger partial charge in [0.2, 0.25) is 5.91 Å². The molecule has 4 rings (SSSR count). The van der Waals surface area contributed by atoms with Crippen LogP contribution in [0, 0.1) is 6.92 Å². The van der Waals surface area contributed by atoms with Gasteiger partial charge in [0.15, 0.2) is 17.6 Å². The highest BCUT2D eigenvalue weighted by Gasteiger charge is 2.32. The molecule has 1 aromatic heterocycles. The van der Waals surface area contributed by atoms with Crippen molar-refractivity contribution in [1.82, 2.24) is 14.8 Å². The van der Waals surface area contributed by atoms with Crippen molar-refractivity contribution in [2.75, 3.05) is 22.6 Å². The molecular formula is C22H23N5O4S. The maximum absolute atomic E-state index is 12.6. The first kappa shape index (κ1) is 21.7. The van der Waals surface area contributed by atoms with Crippen LogP contribution in [-0.4, -0.2) is 44.0 Å². The Labute approximate surface area is 189 Å². The second-order valence-electron chi connectivity index (χ2n) is 7.45. The van der Waals surface area contributed by atoms with Gasteiger partial charge < -0.3 is 19.7 Å². The van der Waals surface area contributed by atoms with Gasteiger partial charge in [-0.05, 0) is 43.7 Å². The Morgan fingerprint density at radius 3 is 2.88 bits per heavy atom. The van der Waals surface area contributed by atoms with Gasteiger partial charge in [-0.25, -0.2) is 0 Å². The number of aryl methyl sites for hydroxylation is 1. The summed E-state index contributed by atoms with van der Waals surface area (Å²) in [5.41, 5.74) is 1.98. The first-order valence-electron chi connectivity index (χ1n) is 10.0. The lowest BCUT2D eigenvalue weighted by Gasteiger charge is -2.33. The number of anilines is 2. The highest BCUT2D eigenvalue weighted by Crippen LogP contribution is 2.37. The van der Waals surface area contributed by atoms with E-state index in [0.717, 1.165) is 5.56 Å². The van der Waals surface area contributed by atoms with Crippen LogP contribution in [-0.2, 0) is 16.6 Å². The number of benzene rings is 2. The molecule has 0 fully saturated rings. The zero-order chi connectivity index (χ0) is 22.8. The molecule has 0 bridgehead atoms. The SMILES string of the molecule is Cc1ccc(O)c(NC(=O)CSc2nnc([C@@H](C)N3C(=O)COc4ccccc43)n2C)c1. The molecule has 2 aromatic carbocycles. The molecule has 1 aliphatic heterocycles. The standard InChI is InChI=1S/C22H23N5O4S/c1-13-8-9-17(28)15(10-13)23-19(29)12-32-22-25-24-21(26(22)3)14(2)27-16-6-4-5-7-18(16)31-11-20(27)30/h4-10,14,28H,11-12H2,1-3H3,(H,23,29)/t14-/m1/s1. The average Bonchev–Trinajstić information content (AvgIpc) is 3.14. The van der Waals surface area contributed by atoms with Gasteiger partial charge in [-0.1, -0.05) is 30.0 Å². The molecule has 9 nitrogen and oxygen atoms in total. The summed E-state index contributed by atoms with van der Waals surface area (Å²) in [4.78, 5) is 26.6. The number of nitrogens with one attached hydrogen (secondary N) is 1. The number of fused-ring (bicyclic) bond motifs is 1. The van der Waals surface area contributed by atoms with Crippen LogP contribution in [0.4, 0.5) is 11.4 Å². The van der Waals surface area contributed by atoms with Crippen LogP contribution < -0.4 is 15.0 Å². The van der Waals surface area contributed by atoms with E-state index in [1.54, 1.807) is 34.7 Å². The fraction of sp³-hybridized carbons (Fsp3) is 0.273. The van der Waals surface area contributed by atoms with Crippen molar-refractivity contribution >= 4 is 35.0 Å². The Kier molecular flexibility index (Phi) is 6.04. The van der Waals surface area contributed by atoms with Crippen LogP contribution in [0.2, 0.25) is 0 Å². The fourth-order valence-corrected chi connectivity index (χ4v) is 4.26. The van der Waals surface area contributed by atoms with Crippen molar-refractivity contribution in [2.45, 2.75) is 25.0 Å². The first-order chi connectivity index (χ1) is 15.3. The van der Waals surface area contributed by atoms with Gasteiger partial charge >= 0.3 is 0 Å². The predicted molar refractivity (Wildman–Crippen MR) is 121 cm³/mol. The molecule has 0 saturated carbocycles. The van der Waals surface area contributed by atoms with Crippen molar-refractivity contribution < 1.29 is 19.4 Å². The lowest BCUT2D eigenvalue weighted by atomic mass is 10.1. The number of aromatic nitrogens is 3. The number of phenols is 1. The molecule has 1 atom stereocenters. The van der Waals surface area contributed by atoms with Crippen LogP contribution in [0.15, 0.2) is 47.6 Å². The molecule has 1 aliphatic rings. The molecular weight excluding hydrogens is 430 g/mol. The zero-order valence-electron chi connectivity index (χ0n) is 17.9. The van der Waals surface area contributed by atoms with Crippen LogP contribution in [0.25, 0.3) is 0 Å². The monoisotopic (exact) mass is 453 g/mol. The number of aromatic hydroxyl groups is 1. The molecule has 3 aromatic rings. The summed E-state index contributed by atoms with van der Waals surface area (Å²) < 4.78 is 7.29. The lowest BCUT2D eigenvalue weighted by Crippen LogP contribution is -2.41. The van der Waals surface area contributed by atoms with E-state index in [9.17, 15) is 14.7 Å². The molecule has 2 heterocycles. The fourth-order valence-electron chi connectivity index (χ4n) is 3.54. The number of nitrogens with zero attached hydrogens (tertiary/aromatic N) is 4. The number of hydrogen-bond donors (Lipinski definition) is 2. The van der Waals surface area contributed by atoms with Crippen LogP contribution in [0.1, 0.15) is 24.4 Å². The average molecular weight is 454 g/mol. The third kappa shape index (κ3) is 4.26. The largest absolute Gasteiger partial charge is 0.506 e. The summed E-state index contributed by atoms with van der Waals surface area (Å²) in [7, 11) is 1.80. The molecule has 0 saturated heterocycles. The summed E-state index contributed by atoms with van der Waals surface area (Å²) in [6, 6.07) is 12.0. The van der Waals surface area contributed by atoms with Gasteiger partial charge in [0.05, 0.1) is 23.2 Å². The third-order valence-corrected chi connectivity index (χ3v) is 6.15. The van der Waals surface area contributed by atoms with Crippen molar-refractivity contribution in [3.8, 4) is 11.5 Å². The molecule has 2 amide bonds. The van der Waals surface area contributed by atoms with Crippen LogP contribution in [0.5, 0.6) is 11.5 Å². The Bertz CT molecular complexity index is 1180. The number of carbonyl (C=O) groups is 2. The summed E-state index contributed by atoms with van der Waals surface area (Å²) in [5, 5.41) is 21.6. The highest BCUT2D eigenvalue weighted by molar-refractivity contribution is 7.99. The molecule has 10 heteroatoms.